The predicted molar refractivity (Wildman–Crippen MR) is 87.5 cm³/mol. The van der Waals surface area contributed by atoms with Gasteiger partial charge in [0.05, 0.1) is 24.8 Å². The van der Waals surface area contributed by atoms with Crippen LogP contribution in [0, 0.1) is 17.2 Å². The topological polar surface area (TPSA) is 75.0 Å². The molecule has 1 N–H and O–H groups in total. The molecule has 6 nitrogen and oxygen atoms in total. The lowest BCUT2D eigenvalue weighted by Crippen LogP contribution is -2.42. The zero-order valence-corrected chi connectivity index (χ0v) is 13.8. The fraction of sp³-hybridized carbons (Fsp3) is 0.611. The van der Waals surface area contributed by atoms with Gasteiger partial charge < -0.3 is 24.2 Å². The monoisotopic (exact) mass is 332 g/mol. The number of hydrogen-bond acceptors (Lipinski definition) is 6. The van der Waals surface area contributed by atoms with E-state index in [4.69, 9.17) is 19.5 Å². The first-order valence-corrected chi connectivity index (χ1v) is 8.51. The normalized spacial score (nSPS) is 21.5. The molecule has 130 valence electrons. The van der Waals surface area contributed by atoms with Crippen molar-refractivity contribution in [1.82, 2.24) is 4.90 Å². The van der Waals surface area contributed by atoms with Gasteiger partial charge in [-0.15, -0.1) is 0 Å². The van der Waals surface area contributed by atoms with Crippen molar-refractivity contribution in [3.05, 3.63) is 29.8 Å². The Hall–Kier alpha value is -1.65. The summed E-state index contributed by atoms with van der Waals surface area (Å²) in [6.45, 7) is 4.16. The van der Waals surface area contributed by atoms with Gasteiger partial charge >= 0.3 is 0 Å². The molecule has 1 aromatic carbocycles. The van der Waals surface area contributed by atoms with Crippen molar-refractivity contribution in [3.63, 3.8) is 0 Å². The van der Waals surface area contributed by atoms with E-state index in [9.17, 15) is 5.11 Å². The van der Waals surface area contributed by atoms with Gasteiger partial charge in [-0.05, 0) is 50.2 Å². The molecule has 24 heavy (non-hydrogen) atoms. The van der Waals surface area contributed by atoms with Crippen molar-refractivity contribution in [2.24, 2.45) is 5.92 Å². The molecule has 0 spiro atoms. The number of aliphatic hydroxyl groups is 1. The summed E-state index contributed by atoms with van der Waals surface area (Å²) in [5, 5.41) is 18.9. The minimum atomic E-state index is -0.531. The fourth-order valence-corrected chi connectivity index (χ4v) is 3.23. The Labute approximate surface area is 142 Å². The van der Waals surface area contributed by atoms with Crippen LogP contribution >= 0.6 is 0 Å². The molecule has 2 fully saturated rings. The molecule has 1 atom stereocenters. The van der Waals surface area contributed by atoms with Crippen molar-refractivity contribution in [2.75, 3.05) is 39.5 Å². The highest BCUT2D eigenvalue weighted by atomic mass is 16.7. The number of hydrogen-bond donors (Lipinski definition) is 1. The average molecular weight is 332 g/mol. The zero-order valence-electron chi connectivity index (χ0n) is 13.8. The largest absolute Gasteiger partial charge is 0.491 e. The maximum absolute atomic E-state index is 10.2. The molecular formula is C18H24N2O4. The minimum absolute atomic E-state index is 0.0308. The number of aliphatic hydroxyl groups excluding tert-OH is 1. The molecule has 6 heteroatoms. The maximum Gasteiger partial charge on any atom is 0.160 e. The van der Waals surface area contributed by atoms with E-state index in [0.29, 0.717) is 37.0 Å². The predicted octanol–water partition coefficient (Wildman–Crippen LogP) is 1.38. The molecule has 0 amide bonds. The molecule has 0 saturated carbocycles. The minimum Gasteiger partial charge on any atom is -0.491 e. The highest BCUT2D eigenvalue weighted by Gasteiger charge is 2.30. The van der Waals surface area contributed by atoms with Gasteiger partial charge in [0.2, 0.25) is 0 Å². The molecular weight excluding hydrogens is 308 g/mol. The summed E-state index contributed by atoms with van der Waals surface area (Å²) in [7, 11) is 0. The van der Waals surface area contributed by atoms with Gasteiger partial charge in [0.15, 0.2) is 6.29 Å². The Bertz CT molecular complexity index is 543. The van der Waals surface area contributed by atoms with Crippen LogP contribution in [0.1, 0.15) is 18.4 Å². The summed E-state index contributed by atoms with van der Waals surface area (Å²) in [6, 6.07) is 8.98. The highest BCUT2D eigenvalue weighted by Crippen LogP contribution is 2.25. The third-order valence-electron chi connectivity index (χ3n) is 4.56. The molecule has 2 aliphatic heterocycles. The van der Waals surface area contributed by atoms with Gasteiger partial charge in [-0.2, -0.15) is 5.26 Å². The Morgan fingerprint density at radius 2 is 1.88 bits per heavy atom. The Morgan fingerprint density at radius 1 is 1.21 bits per heavy atom. The van der Waals surface area contributed by atoms with E-state index < -0.39 is 6.10 Å². The van der Waals surface area contributed by atoms with Gasteiger partial charge in [-0.3, -0.25) is 0 Å². The van der Waals surface area contributed by atoms with E-state index in [2.05, 4.69) is 11.0 Å². The summed E-state index contributed by atoms with van der Waals surface area (Å²) in [5.74, 6) is 1.14. The summed E-state index contributed by atoms with van der Waals surface area (Å²) >= 11 is 0. The van der Waals surface area contributed by atoms with Crippen LogP contribution in [0.2, 0.25) is 0 Å². The lowest BCUT2D eigenvalue weighted by molar-refractivity contribution is -0.0989. The molecule has 0 bridgehead atoms. The summed E-state index contributed by atoms with van der Waals surface area (Å²) in [6.07, 6.45) is 1.51. The van der Waals surface area contributed by atoms with Crippen LogP contribution in [0.3, 0.4) is 0 Å². The maximum atomic E-state index is 10.2. The van der Waals surface area contributed by atoms with E-state index in [0.717, 1.165) is 25.9 Å². The standard InChI is InChI=1S/C18H24N2O4/c19-11-14-1-3-17(4-2-14)24-13-16(21)12-20-7-5-15(6-8-20)18-22-9-10-23-18/h1-4,15-16,18,21H,5-10,12-13H2. The van der Waals surface area contributed by atoms with E-state index in [-0.39, 0.29) is 12.9 Å². The van der Waals surface area contributed by atoms with Crippen LogP contribution in [-0.2, 0) is 9.47 Å². The van der Waals surface area contributed by atoms with E-state index in [1.54, 1.807) is 24.3 Å². The Balaban J connectivity index is 1.36. The zero-order chi connectivity index (χ0) is 16.8. The molecule has 3 rings (SSSR count). The number of ether oxygens (including phenoxy) is 3. The average Bonchev–Trinajstić information content (AvgIpc) is 3.16. The van der Waals surface area contributed by atoms with Gasteiger partial charge in [0.1, 0.15) is 18.5 Å². The Kier molecular flexibility index (Phi) is 6.05. The van der Waals surface area contributed by atoms with Crippen LogP contribution in [-0.4, -0.2) is 61.9 Å². The van der Waals surface area contributed by atoms with Crippen molar-refractivity contribution in [2.45, 2.75) is 25.2 Å². The summed E-state index contributed by atoms with van der Waals surface area (Å²) in [4.78, 5) is 2.26. The van der Waals surface area contributed by atoms with Crippen LogP contribution in [0.5, 0.6) is 5.75 Å². The smallest absolute Gasteiger partial charge is 0.160 e. The van der Waals surface area contributed by atoms with E-state index in [1.165, 1.54) is 0 Å². The van der Waals surface area contributed by atoms with Crippen molar-refractivity contribution in [3.8, 4) is 11.8 Å². The molecule has 0 radical (unpaired) electrons. The SMILES string of the molecule is N#Cc1ccc(OCC(O)CN2CCC(C3OCCO3)CC2)cc1. The van der Waals surface area contributed by atoms with E-state index in [1.807, 2.05) is 0 Å². The number of rotatable bonds is 6. The second kappa shape index (κ2) is 8.45. The second-order valence-corrected chi connectivity index (χ2v) is 6.35. The molecule has 2 aliphatic rings. The molecule has 2 heterocycles. The number of likely N-dealkylation sites (tertiary alicyclic amines) is 1. The number of benzene rings is 1. The first-order chi connectivity index (χ1) is 11.7. The van der Waals surface area contributed by atoms with Crippen LogP contribution in [0.25, 0.3) is 0 Å². The van der Waals surface area contributed by atoms with Crippen molar-refractivity contribution in [1.29, 1.82) is 5.26 Å². The number of nitrogens with zero attached hydrogens (tertiary/aromatic N) is 2. The van der Waals surface area contributed by atoms with E-state index >= 15 is 0 Å². The quantitative estimate of drug-likeness (QED) is 0.848. The first kappa shape index (κ1) is 17.2. The van der Waals surface area contributed by atoms with Gasteiger partial charge in [0.25, 0.3) is 0 Å². The third-order valence-corrected chi connectivity index (χ3v) is 4.56. The molecule has 0 aromatic heterocycles. The van der Waals surface area contributed by atoms with Crippen molar-refractivity contribution < 1.29 is 19.3 Å². The molecule has 1 unspecified atom stereocenters. The second-order valence-electron chi connectivity index (χ2n) is 6.35. The lowest BCUT2D eigenvalue weighted by atomic mass is 9.96. The van der Waals surface area contributed by atoms with Crippen LogP contribution < -0.4 is 4.74 Å². The third kappa shape index (κ3) is 4.68. The van der Waals surface area contributed by atoms with Crippen molar-refractivity contribution >= 4 is 0 Å². The molecule has 0 aliphatic carbocycles. The first-order valence-electron chi connectivity index (χ1n) is 8.51. The van der Waals surface area contributed by atoms with Crippen LogP contribution in [0.15, 0.2) is 24.3 Å². The number of nitriles is 1. The number of piperidine rings is 1. The van der Waals surface area contributed by atoms with Gasteiger partial charge in [-0.25, -0.2) is 0 Å². The summed E-state index contributed by atoms with van der Waals surface area (Å²) < 4.78 is 16.8. The van der Waals surface area contributed by atoms with Crippen LogP contribution in [0.4, 0.5) is 0 Å². The Morgan fingerprint density at radius 3 is 2.50 bits per heavy atom. The van der Waals surface area contributed by atoms with Gasteiger partial charge in [-0.1, -0.05) is 0 Å². The summed E-state index contributed by atoms with van der Waals surface area (Å²) in [5.41, 5.74) is 0.598. The number of β-amino-alcohol motifs (C(OH)–C–C–N with tert-alkyl or cyclic N) is 1. The van der Waals surface area contributed by atoms with Gasteiger partial charge in [0, 0.05) is 12.5 Å². The highest BCUT2D eigenvalue weighted by molar-refractivity contribution is 5.34. The fourth-order valence-electron chi connectivity index (χ4n) is 3.23. The lowest BCUT2D eigenvalue weighted by Gasteiger charge is -2.34. The molecule has 2 saturated heterocycles. The molecule has 1 aromatic rings.